The normalized spacial score (nSPS) is 14.5. The molecule has 8 nitrogen and oxygen atoms in total. The van der Waals surface area contributed by atoms with Crippen molar-refractivity contribution < 1.29 is 28.9 Å². The van der Waals surface area contributed by atoms with Crippen LogP contribution in [0, 0.1) is 5.92 Å². The van der Waals surface area contributed by atoms with Gasteiger partial charge in [0.25, 0.3) is 5.91 Å². The fraction of sp³-hybridized carbons (Fsp3) is 0.500. The van der Waals surface area contributed by atoms with E-state index in [9.17, 15) is 14.7 Å². The topological polar surface area (TPSA) is 107 Å². The van der Waals surface area contributed by atoms with Crippen LogP contribution in [0.15, 0.2) is 42.6 Å². The molecular formula is C26H36N2O6. The fourth-order valence-electron chi connectivity index (χ4n) is 3.76. The number of pyridine rings is 1. The molecule has 0 spiro atoms. The van der Waals surface area contributed by atoms with E-state index in [1.165, 1.54) is 26.3 Å². The van der Waals surface area contributed by atoms with Gasteiger partial charge in [-0.2, -0.15) is 0 Å². The van der Waals surface area contributed by atoms with Crippen LogP contribution in [0.4, 0.5) is 0 Å². The van der Waals surface area contributed by atoms with E-state index in [1.807, 2.05) is 37.3 Å². The molecule has 1 amide bonds. The third kappa shape index (κ3) is 7.45. The molecule has 0 bridgehead atoms. The Balaban J connectivity index is 2.09. The van der Waals surface area contributed by atoms with E-state index in [4.69, 9.17) is 14.2 Å². The van der Waals surface area contributed by atoms with Gasteiger partial charge in [0.05, 0.1) is 13.2 Å². The number of nitrogens with one attached hydrogen (secondary N) is 1. The molecule has 4 atom stereocenters. The maximum absolute atomic E-state index is 12.8. The molecule has 0 aliphatic heterocycles. The SMILES string of the molecule is CCCO[C@H](CC)[C@@H](Cc1ccccc1)[C@H](C)OC(=O)[C@@H](C)NC(=O)c1nccc(OC)c1O. The lowest BCUT2D eigenvalue weighted by atomic mass is 9.88. The number of rotatable bonds is 13. The lowest BCUT2D eigenvalue weighted by Gasteiger charge is -2.32. The van der Waals surface area contributed by atoms with Crippen LogP contribution in [0.3, 0.4) is 0 Å². The summed E-state index contributed by atoms with van der Waals surface area (Å²) in [5.74, 6) is -1.61. The molecule has 1 aromatic heterocycles. The predicted octanol–water partition coefficient (Wildman–Crippen LogP) is 3.91. The average molecular weight is 473 g/mol. The van der Waals surface area contributed by atoms with Crippen molar-refractivity contribution in [3.63, 3.8) is 0 Å². The molecular weight excluding hydrogens is 436 g/mol. The van der Waals surface area contributed by atoms with E-state index < -0.39 is 29.8 Å². The smallest absolute Gasteiger partial charge is 0.328 e. The number of methoxy groups -OCH3 is 1. The molecule has 2 aromatic rings. The number of carbonyl (C=O) groups is 2. The molecule has 1 aromatic carbocycles. The second kappa shape index (κ2) is 13.5. The van der Waals surface area contributed by atoms with Crippen LogP contribution >= 0.6 is 0 Å². The van der Waals surface area contributed by atoms with E-state index >= 15 is 0 Å². The lowest BCUT2D eigenvalue weighted by molar-refractivity contribution is -0.156. The monoisotopic (exact) mass is 472 g/mol. The molecule has 0 unspecified atom stereocenters. The van der Waals surface area contributed by atoms with Gasteiger partial charge in [0.1, 0.15) is 12.1 Å². The molecule has 0 saturated carbocycles. The van der Waals surface area contributed by atoms with Crippen LogP contribution in [0.1, 0.15) is 56.6 Å². The van der Waals surface area contributed by atoms with Crippen molar-refractivity contribution in [3.8, 4) is 11.5 Å². The van der Waals surface area contributed by atoms with Gasteiger partial charge in [-0.3, -0.25) is 4.79 Å². The zero-order valence-electron chi connectivity index (χ0n) is 20.6. The number of benzene rings is 1. The number of hydrogen-bond donors (Lipinski definition) is 2. The molecule has 186 valence electrons. The molecule has 34 heavy (non-hydrogen) atoms. The third-order valence-corrected chi connectivity index (χ3v) is 5.66. The number of amides is 1. The second-order valence-corrected chi connectivity index (χ2v) is 8.22. The first kappa shape index (κ1) is 27.1. The predicted molar refractivity (Wildman–Crippen MR) is 129 cm³/mol. The number of hydrogen-bond acceptors (Lipinski definition) is 7. The Labute approximate surface area is 201 Å². The summed E-state index contributed by atoms with van der Waals surface area (Å²) >= 11 is 0. The highest BCUT2D eigenvalue weighted by Gasteiger charge is 2.31. The molecule has 0 fully saturated rings. The minimum atomic E-state index is -0.948. The van der Waals surface area contributed by atoms with Crippen molar-refractivity contribution in [2.24, 2.45) is 5.92 Å². The maximum atomic E-state index is 12.8. The number of carbonyl (C=O) groups excluding carboxylic acids is 2. The van der Waals surface area contributed by atoms with Gasteiger partial charge in [-0.05, 0) is 38.7 Å². The summed E-state index contributed by atoms with van der Waals surface area (Å²) in [4.78, 5) is 29.3. The van der Waals surface area contributed by atoms with Crippen LogP contribution < -0.4 is 10.1 Å². The molecule has 1 heterocycles. The van der Waals surface area contributed by atoms with Crippen molar-refractivity contribution in [1.29, 1.82) is 0 Å². The minimum absolute atomic E-state index is 0.0603. The van der Waals surface area contributed by atoms with Crippen molar-refractivity contribution in [2.75, 3.05) is 13.7 Å². The molecule has 0 aliphatic rings. The molecule has 0 aliphatic carbocycles. The van der Waals surface area contributed by atoms with Gasteiger partial charge < -0.3 is 24.6 Å². The fourth-order valence-corrected chi connectivity index (χ4v) is 3.76. The van der Waals surface area contributed by atoms with Crippen LogP contribution in [0.2, 0.25) is 0 Å². The summed E-state index contributed by atoms with van der Waals surface area (Å²) < 4.78 is 16.9. The lowest BCUT2D eigenvalue weighted by Crippen LogP contribution is -2.43. The van der Waals surface area contributed by atoms with Gasteiger partial charge in [0, 0.05) is 24.8 Å². The summed E-state index contributed by atoms with van der Waals surface area (Å²) in [6, 6.07) is 10.5. The maximum Gasteiger partial charge on any atom is 0.328 e. The highest BCUT2D eigenvalue weighted by atomic mass is 16.5. The van der Waals surface area contributed by atoms with Gasteiger partial charge in [0.15, 0.2) is 17.2 Å². The second-order valence-electron chi connectivity index (χ2n) is 8.22. The summed E-state index contributed by atoms with van der Waals surface area (Å²) in [5, 5.41) is 12.7. The van der Waals surface area contributed by atoms with E-state index in [0.29, 0.717) is 13.0 Å². The van der Waals surface area contributed by atoms with Gasteiger partial charge in [-0.1, -0.05) is 44.2 Å². The number of ether oxygens (including phenoxy) is 3. The quantitative estimate of drug-likeness (QED) is 0.426. The Kier molecular flexibility index (Phi) is 10.8. The first-order valence-electron chi connectivity index (χ1n) is 11.7. The third-order valence-electron chi connectivity index (χ3n) is 5.66. The molecule has 0 saturated heterocycles. The Hall–Kier alpha value is -3.13. The number of aromatic hydroxyl groups is 1. The first-order valence-corrected chi connectivity index (χ1v) is 11.7. The minimum Gasteiger partial charge on any atom is -0.503 e. The van der Waals surface area contributed by atoms with E-state index in [-0.39, 0.29) is 23.5 Å². The van der Waals surface area contributed by atoms with Crippen molar-refractivity contribution in [2.45, 2.75) is 65.2 Å². The molecule has 0 radical (unpaired) electrons. The van der Waals surface area contributed by atoms with Gasteiger partial charge in [-0.25, -0.2) is 9.78 Å². The Morgan fingerprint density at radius 1 is 1.12 bits per heavy atom. The highest BCUT2D eigenvalue weighted by molar-refractivity contribution is 5.97. The largest absolute Gasteiger partial charge is 0.503 e. The van der Waals surface area contributed by atoms with E-state index in [1.54, 1.807) is 0 Å². The van der Waals surface area contributed by atoms with Crippen molar-refractivity contribution in [1.82, 2.24) is 10.3 Å². The van der Waals surface area contributed by atoms with Crippen LogP contribution in [-0.4, -0.2) is 53.9 Å². The first-order chi connectivity index (χ1) is 16.3. The molecule has 8 heteroatoms. The molecule has 2 rings (SSSR count). The van der Waals surface area contributed by atoms with Gasteiger partial charge in [-0.15, -0.1) is 0 Å². The highest BCUT2D eigenvalue weighted by Crippen LogP contribution is 2.28. The van der Waals surface area contributed by atoms with Crippen molar-refractivity contribution in [3.05, 3.63) is 53.9 Å². The summed E-state index contributed by atoms with van der Waals surface area (Å²) in [7, 11) is 1.37. The summed E-state index contributed by atoms with van der Waals surface area (Å²) in [6.45, 7) is 8.13. The zero-order chi connectivity index (χ0) is 25.1. The Bertz CT molecular complexity index is 921. The van der Waals surface area contributed by atoms with Crippen LogP contribution in [0.5, 0.6) is 11.5 Å². The average Bonchev–Trinajstić information content (AvgIpc) is 2.84. The van der Waals surface area contributed by atoms with Gasteiger partial charge in [0.2, 0.25) is 0 Å². The summed E-state index contributed by atoms with van der Waals surface area (Å²) in [5.41, 5.74) is 0.905. The zero-order valence-corrected chi connectivity index (χ0v) is 20.6. The Morgan fingerprint density at radius 2 is 1.82 bits per heavy atom. The number of nitrogens with zero attached hydrogens (tertiary/aromatic N) is 1. The van der Waals surface area contributed by atoms with Crippen molar-refractivity contribution >= 4 is 11.9 Å². The number of aromatic nitrogens is 1. The summed E-state index contributed by atoms with van der Waals surface area (Å²) in [6.07, 6.45) is 3.19. The number of esters is 1. The van der Waals surface area contributed by atoms with Crippen LogP contribution in [0.25, 0.3) is 0 Å². The Morgan fingerprint density at radius 3 is 2.44 bits per heavy atom. The van der Waals surface area contributed by atoms with E-state index in [2.05, 4.69) is 24.1 Å². The van der Waals surface area contributed by atoms with Gasteiger partial charge >= 0.3 is 5.97 Å². The van der Waals surface area contributed by atoms with Crippen LogP contribution in [-0.2, 0) is 20.7 Å². The molecule has 2 N–H and O–H groups in total. The van der Waals surface area contributed by atoms with E-state index in [0.717, 1.165) is 18.4 Å². The standard InChI is InChI=1S/C26H36N2O6/c1-6-15-33-21(7-2)20(16-19-11-9-8-10-12-19)18(4)34-26(31)17(3)28-25(30)23-24(29)22(32-5)13-14-27-23/h8-14,17-18,20-21,29H,6-7,15-16H2,1-5H3,(H,28,30)/t17-,18+,20+,21-/m1/s1.